The maximum atomic E-state index is 8.24. The van der Waals surface area contributed by atoms with Crippen molar-refractivity contribution in [3.63, 3.8) is 0 Å². The summed E-state index contributed by atoms with van der Waals surface area (Å²) in [5.74, 6) is 5.97. The Bertz CT molecular complexity index is 772. The molecule has 8 unspecified atom stereocenters. The summed E-state index contributed by atoms with van der Waals surface area (Å²) in [5, 5.41) is 40.6. The Kier molecular flexibility index (Phi) is 10.3. The second-order valence-electron chi connectivity index (χ2n) is 15.7. The van der Waals surface area contributed by atoms with Gasteiger partial charge in [0.2, 0.25) is 0 Å². The van der Waals surface area contributed by atoms with Crippen LogP contribution in [0.2, 0.25) is 0 Å². The standard InChI is InChI=1S/C32H56N8.CHO2.Co/c1-2-10-18-17(9-1)25-33-26(18)38-28-21-13-5-6-14-22(21)30(35-28)40-32-24-16-8-7-15-23(24)31(36-32)39-29-20-12-4-3-11-19(20)27(34-29)37-25;2-1-3;/h17-40H,1-16H2;(H,2,3);/q;-1;. The molecular formula is C33H57CoN8O2-. The van der Waals surface area contributed by atoms with Gasteiger partial charge in [-0.2, -0.15) is 0 Å². The molecule has 5 saturated heterocycles. The van der Waals surface area contributed by atoms with Gasteiger partial charge < -0.3 is 9.90 Å². The fourth-order valence-electron chi connectivity index (χ4n) is 12.0. The van der Waals surface area contributed by atoms with Crippen molar-refractivity contribution in [1.82, 2.24) is 42.5 Å². The van der Waals surface area contributed by atoms with Crippen molar-refractivity contribution >= 4 is 6.47 Å². The first-order valence-corrected chi connectivity index (χ1v) is 18.3. The SMILES string of the molecule is C1CCC2C3NC(NC4NC(NC5NC(NC6NC(N3)C3CCCCC63)C3CCCCC53)C3CCCCC43)C2C1.O=[C-]O.[Co]. The van der Waals surface area contributed by atoms with Crippen molar-refractivity contribution < 1.29 is 26.7 Å². The van der Waals surface area contributed by atoms with Gasteiger partial charge in [0.25, 0.3) is 0 Å². The minimum atomic E-state index is 0. The summed E-state index contributed by atoms with van der Waals surface area (Å²) in [6.45, 7) is 0.500. The van der Waals surface area contributed by atoms with Gasteiger partial charge in [0, 0.05) is 16.8 Å². The molecule has 11 heteroatoms. The predicted molar refractivity (Wildman–Crippen MR) is 166 cm³/mol. The Labute approximate surface area is 274 Å². The van der Waals surface area contributed by atoms with Crippen molar-refractivity contribution in [2.45, 2.75) is 152 Å². The monoisotopic (exact) mass is 656 g/mol. The first-order chi connectivity index (χ1) is 21.2. The second kappa shape index (κ2) is 14.0. The number of rotatable bonds is 0. The molecule has 10 nitrogen and oxygen atoms in total. The van der Waals surface area contributed by atoms with E-state index in [9.17, 15) is 0 Å². The molecule has 4 aliphatic carbocycles. The molecule has 9 rings (SSSR count). The molecule has 8 atom stereocenters. The average Bonchev–Trinajstić information content (AvgIpc) is 3.77. The van der Waals surface area contributed by atoms with E-state index in [1.54, 1.807) is 0 Å². The van der Waals surface area contributed by atoms with Crippen LogP contribution >= 0.6 is 0 Å². The summed E-state index contributed by atoms with van der Waals surface area (Å²) < 4.78 is 0. The minimum Gasteiger partial charge on any atom is -0.665 e. The Hall–Kier alpha value is -0.344. The van der Waals surface area contributed by atoms with Gasteiger partial charge in [0.1, 0.15) is 0 Å². The smallest absolute Gasteiger partial charge is 0.0628 e. The van der Waals surface area contributed by atoms with Crippen molar-refractivity contribution in [2.24, 2.45) is 47.3 Å². The van der Waals surface area contributed by atoms with E-state index in [4.69, 9.17) is 9.90 Å². The third-order valence-electron chi connectivity index (χ3n) is 13.8. The second-order valence-corrected chi connectivity index (χ2v) is 15.7. The van der Waals surface area contributed by atoms with E-state index in [1.165, 1.54) is 103 Å². The Morgan fingerprint density at radius 1 is 0.341 bits per heavy atom. The Balaban J connectivity index is 0.000000753. The third-order valence-corrected chi connectivity index (χ3v) is 13.8. The van der Waals surface area contributed by atoms with Gasteiger partial charge in [-0.1, -0.05) is 57.8 Å². The molecule has 1 radical (unpaired) electrons. The van der Waals surface area contributed by atoms with Crippen molar-refractivity contribution in [1.29, 1.82) is 0 Å². The Morgan fingerprint density at radius 2 is 0.455 bits per heavy atom. The molecule has 8 bridgehead atoms. The number of aliphatic hydroxyl groups excluding tert-OH is 1. The summed E-state index contributed by atoms with van der Waals surface area (Å²) in [7, 11) is 0. The molecule has 0 aromatic rings. The average molecular weight is 657 g/mol. The number of nitrogens with one attached hydrogen (secondary N) is 8. The molecule has 251 valence electrons. The molecule has 44 heavy (non-hydrogen) atoms. The van der Waals surface area contributed by atoms with Gasteiger partial charge in [-0.3, -0.25) is 42.5 Å². The van der Waals surface area contributed by atoms with Crippen LogP contribution in [0.1, 0.15) is 103 Å². The summed E-state index contributed by atoms with van der Waals surface area (Å²) in [6, 6.07) is 0. The zero-order chi connectivity index (χ0) is 28.9. The van der Waals surface area contributed by atoms with Crippen LogP contribution in [0, 0.1) is 47.3 Å². The fourth-order valence-corrected chi connectivity index (χ4v) is 12.0. The van der Waals surface area contributed by atoms with Gasteiger partial charge in [0.05, 0.1) is 49.3 Å². The van der Waals surface area contributed by atoms with E-state index in [0.717, 1.165) is 47.3 Å². The number of fused-ring (bicyclic) bond motifs is 20. The fraction of sp³-hybridized carbons (Fsp3) is 0.970. The maximum Gasteiger partial charge on any atom is 0.0628 e. The number of hydrogen-bond acceptors (Lipinski definition) is 9. The van der Waals surface area contributed by atoms with Gasteiger partial charge in [-0.15, -0.1) is 0 Å². The van der Waals surface area contributed by atoms with Crippen LogP contribution in [-0.2, 0) is 21.6 Å². The van der Waals surface area contributed by atoms with E-state index < -0.39 is 0 Å². The molecule has 0 amide bonds. The van der Waals surface area contributed by atoms with Gasteiger partial charge in [-0.05, 0) is 98.7 Å². The van der Waals surface area contributed by atoms with Crippen LogP contribution in [0.5, 0.6) is 0 Å². The van der Waals surface area contributed by atoms with Crippen molar-refractivity contribution in [3.05, 3.63) is 0 Å². The summed E-state index contributed by atoms with van der Waals surface area (Å²) in [4.78, 5) is 8.24. The van der Waals surface area contributed by atoms with Gasteiger partial charge >= 0.3 is 0 Å². The van der Waals surface area contributed by atoms with Crippen molar-refractivity contribution in [3.8, 4) is 0 Å². The van der Waals surface area contributed by atoms with Crippen LogP contribution in [-0.4, -0.2) is 60.9 Å². The molecule has 5 aliphatic heterocycles. The summed E-state index contributed by atoms with van der Waals surface area (Å²) in [6.07, 6.45) is 25.6. The third kappa shape index (κ3) is 5.94. The van der Waals surface area contributed by atoms with E-state index in [1.807, 2.05) is 0 Å². The summed E-state index contributed by atoms with van der Waals surface area (Å²) >= 11 is 0. The Morgan fingerprint density at radius 3 is 0.568 bits per heavy atom. The van der Waals surface area contributed by atoms with Crippen LogP contribution in [0.4, 0.5) is 0 Å². The van der Waals surface area contributed by atoms with Crippen LogP contribution < -0.4 is 42.5 Å². The molecule has 4 saturated carbocycles. The molecule has 9 N–H and O–H groups in total. The minimum absolute atomic E-state index is 0. The van der Waals surface area contributed by atoms with E-state index in [2.05, 4.69) is 42.5 Å². The first kappa shape index (κ1) is 32.2. The zero-order valence-corrected chi connectivity index (χ0v) is 27.3. The van der Waals surface area contributed by atoms with E-state index in [-0.39, 0.29) is 16.8 Å². The van der Waals surface area contributed by atoms with E-state index in [0.29, 0.717) is 55.8 Å². The largest absolute Gasteiger partial charge is 0.665 e. The van der Waals surface area contributed by atoms with Crippen LogP contribution in [0.3, 0.4) is 0 Å². The van der Waals surface area contributed by atoms with Crippen LogP contribution in [0.15, 0.2) is 0 Å². The van der Waals surface area contributed by atoms with Crippen molar-refractivity contribution in [2.75, 3.05) is 0 Å². The van der Waals surface area contributed by atoms with Gasteiger partial charge in [0.15, 0.2) is 0 Å². The molecule has 0 spiro atoms. The topological polar surface area (TPSA) is 134 Å². The molecule has 0 aromatic heterocycles. The predicted octanol–water partition coefficient (Wildman–Crippen LogP) is 2.21. The molecule has 0 aromatic carbocycles. The molecule has 9 aliphatic rings. The molecule has 5 heterocycles. The summed E-state index contributed by atoms with van der Waals surface area (Å²) in [5.41, 5.74) is 0. The quantitative estimate of drug-likeness (QED) is 0.179. The van der Waals surface area contributed by atoms with Gasteiger partial charge in [-0.25, -0.2) is 0 Å². The maximum absolute atomic E-state index is 8.24. The van der Waals surface area contributed by atoms with E-state index >= 15 is 0 Å². The first-order valence-electron chi connectivity index (χ1n) is 18.3. The molecular weight excluding hydrogens is 599 g/mol. The zero-order valence-electron chi connectivity index (χ0n) is 26.2. The molecule has 9 fully saturated rings. The normalized spacial score (nSPS) is 52.6. The number of hydrogen-bond donors (Lipinski definition) is 9. The van der Waals surface area contributed by atoms with Crippen LogP contribution in [0.25, 0.3) is 0 Å².